The molecule has 2 aliphatic carbocycles. The summed E-state index contributed by atoms with van der Waals surface area (Å²) >= 11 is 0. The molecule has 0 bridgehead atoms. The van der Waals surface area contributed by atoms with Gasteiger partial charge < -0.3 is 25.8 Å². The van der Waals surface area contributed by atoms with Crippen molar-refractivity contribution in [2.24, 2.45) is 11.8 Å². The van der Waals surface area contributed by atoms with E-state index in [4.69, 9.17) is 14.8 Å². The Kier molecular flexibility index (Phi) is 6.73. The van der Waals surface area contributed by atoms with Gasteiger partial charge in [0.15, 0.2) is 5.65 Å². The number of nitrogens with zero attached hydrogens (tertiary/aromatic N) is 3. The molecule has 0 atom stereocenters. The van der Waals surface area contributed by atoms with Crippen LogP contribution in [-0.4, -0.2) is 64.1 Å². The van der Waals surface area contributed by atoms with E-state index in [1.807, 2.05) is 41.9 Å². The molecular formula is C28H36N6O3. The van der Waals surface area contributed by atoms with Gasteiger partial charge in [-0.05, 0) is 74.5 Å². The molecule has 2 saturated carbocycles. The maximum Gasteiger partial charge on any atom is 0.251 e. The smallest absolute Gasteiger partial charge is 0.251 e. The van der Waals surface area contributed by atoms with Crippen LogP contribution in [0.1, 0.15) is 54.4 Å². The lowest BCUT2D eigenvalue weighted by Gasteiger charge is -2.31. The van der Waals surface area contributed by atoms with Crippen LogP contribution in [0.4, 0.5) is 11.6 Å². The van der Waals surface area contributed by atoms with Crippen LogP contribution in [0.15, 0.2) is 30.5 Å². The second-order valence-corrected chi connectivity index (χ2v) is 10.9. The molecule has 196 valence electrons. The molecule has 1 aliphatic heterocycles. The van der Waals surface area contributed by atoms with Crippen LogP contribution < -0.4 is 16.0 Å². The number of fused-ring (bicyclic) bond motifs is 1. The van der Waals surface area contributed by atoms with Gasteiger partial charge in [0.25, 0.3) is 5.91 Å². The van der Waals surface area contributed by atoms with Crippen LogP contribution in [0.5, 0.6) is 0 Å². The van der Waals surface area contributed by atoms with Gasteiger partial charge in [0.05, 0.1) is 12.3 Å². The number of aromatic nitrogens is 3. The van der Waals surface area contributed by atoms with Gasteiger partial charge in [0.1, 0.15) is 11.6 Å². The third-order valence-corrected chi connectivity index (χ3v) is 7.86. The first-order valence-corrected chi connectivity index (χ1v) is 13.6. The number of aliphatic hydroxyl groups excluding tert-OH is 1. The Hall–Kier alpha value is -3.17. The van der Waals surface area contributed by atoms with Crippen LogP contribution >= 0.6 is 0 Å². The van der Waals surface area contributed by atoms with Crippen molar-refractivity contribution in [3.05, 3.63) is 41.6 Å². The standard InChI is InChI=1S/C28H36N6O3/c1-17-10-20(2-5-23(17)28(36)32-21-3-4-21)24-16-31-34-26(30-14-18-6-8-37-9-7-18)13-25(33-27(24)34)29-15-19-11-22(35)12-19/h2,5,10,13,16,18-19,21-22,30,35H,3-4,6-9,11-12,14-15H2,1H3,(H,29,33)(H,32,36). The van der Waals surface area contributed by atoms with E-state index in [0.717, 1.165) is 98.8 Å². The first kappa shape index (κ1) is 24.2. The van der Waals surface area contributed by atoms with E-state index < -0.39 is 0 Å². The number of ether oxygens (including phenoxy) is 1. The number of carbonyl (C=O) groups excluding carboxylic acids is 1. The third kappa shape index (κ3) is 5.43. The van der Waals surface area contributed by atoms with Crippen molar-refractivity contribution in [1.29, 1.82) is 0 Å². The van der Waals surface area contributed by atoms with Gasteiger partial charge in [-0.15, -0.1) is 0 Å². The minimum absolute atomic E-state index is 0.00302. The molecule has 3 fully saturated rings. The Bertz CT molecular complexity index is 1270. The second-order valence-electron chi connectivity index (χ2n) is 10.9. The van der Waals surface area contributed by atoms with Crippen molar-refractivity contribution in [3.63, 3.8) is 0 Å². The van der Waals surface area contributed by atoms with Gasteiger partial charge >= 0.3 is 0 Å². The maximum absolute atomic E-state index is 12.6. The molecule has 0 radical (unpaired) electrons. The monoisotopic (exact) mass is 504 g/mol. The van der Waals surface area contributed by atoms with E-state index in [-0.39, 0.29) is 12.0 Å². The number of hydrogen-bond acceptors (Lipinski definition) is 7. The van der Waals surface area contributed by atoms with E-state index >= 15 is 0 Å². The lowest BCUT2D eigenvalue weighted by molar-refractivity contribution is 0.0486. The molecule has 2 aromatic heterocycles. The fourth-order valence-electron chi connectivity index (χ4n) is 5.28. The molecular weight excluding hydrogens is 468 g/mol. The zero-order chi connectivity index (χ0) is 25.4. The maximum atomic E-state index is 12.6. The van der Waals surface area contributed by atoms with Gasteiger partial charge in [-0.3, -0.25) is 4.79 Å². The average Bonchev–Trinajstić information content (AvgIpc) is 3.59. The van der Waals surface area contributed by atoms with Gasteiger partial charge in [-0.2, -0.15) is 9.61 Å². The number of carbonyl (C=O) groups is 1. The molecule has 3 heterocycles. The summed E-state index contributed by atoms with van der Waals surface area (Å²) in [5.41, 5.74) is 4.32. The SMILES string of the molecule is Cc1cc(-c2cnn3c(NCC4CCOCC4)cc(NCC4CC(O)C4)nc23)ccc1C(=O)NC1CC1. The Balaban J connectivity index is 1.28. The van der Waals surface area contributed by atoms with Crippen molar-refractivity contribution < 1.29 is 14.6 Å². The van der Waals surface area contributed by atoms with Crippen LogP contribution in [-0.2, 0) is 4.74 Å². The van der Waals surface area contributed by atoms with E-state index in [1.54, 1.807) is 0 Å². The topological polar surface area (TPSA) is 113 Å². The third-order valence-electron chi connectivity index (χ3n) is 7.86. The molecule has 3 aromatic rings. The van der Waals surface area contributed by atoms with Crippen molar-refractivity contribution in [2.75, 3.05) is 36.9 Å². The normalized spacial score (nSPS) is 22.0. The Morgan fingerprint density at radius 2 is 1.86 bits per heavy atom. The lowest BCUT2D eigenvalue weighted by Crippen LogP contribution is -2.33. The number of hydrogen-bond donors (Lipinski definition) is 4. The molecule has 4 N–H and O–H groups in total. The number of anilines is 2. The number of nitrogens with one attached hydrogen (secondary N) is 3. The molecule has 1 saturated heterocycles. The zero-order valence-corrected chi connectivity index (χ0v) is 21.4. The minimum atomic E-state index is -0.169. The van der Waals surface area contributed by atoms with Crippen LogP contribution in [0.3, 0.4) is 0 Å². The van der Waals surface area contributed by atoms with Crippen LogP contribution in [0.25, 0.3) is 16.8 Å². The minimum Gasteiger partial charge on any atom is -0.393 e. The molecule has 9 nitrogen and oxygen atoms in total. The molecule has 1 aromatic carbocycles. The fourth-order valence-corrected chi connectivity index (χ4v) is 5.28. The van der Waals surface area contributed by atoms with E-state index in [1.165, 1.54) is 0 Å². The highest BCUT2D eigenvalue weighted by Gasteiger charge is 2.27. The predicted octanol–water partition coefficient (Wildman–Crippen LogP) is 3.62. The molecule has 37 heavy (non-hydrogen) atoms. The van der Waals surface area contributed by atoms with E-state index in [2.05, 4.69) is 16.0 Å². The van der Waals surface area contributed by atoms with Gasteiger partial charge in [0.2, 0.25) is 0 Å². The molecule has 0 spiro atoms. The molecule has 1 amide bonds. The first-order chi connectivity index (χ1) is 18.0. The van der Waals surface area contributed by atoms with Crippen molar-refractivity contribution >= 4 is 23.2 Å². The molecule has 3 aliphatic rings. The van der Waals surface area contributed by atoms with E-state index in [9.17, 15) is 9.90 Å². The summed E-state index contributed by atoms with van der Waals surface area (Å²) in [5, 5.41) is 24.5. The quantitative estimate of drug-likeness (QED) is 0.352. The number of amides is 1. The zero-order valence-electron chi connectivity index (χ0n) is 21.4. The fraction of sp³-hybridized carbons (Fsp3) is 0.536. The van der Waals surface area contributed by atoms with Crippen LogP contribution in [0, 0.1) is 18.8 Å². The number of rotatable bonds is 9. The summed E-state index contributed by atoms with van der Waals surface area (Å²) in [4.78, 5) is 17.6. The number of benzene rings is 1. The number of aliphatic hydroxyl groups is 1. The summed E-state index contributed by atoms with van der Waals surface area (Å²) in [7, 11) is 0. The Morgan fingerprint density at radius 3 is 2.59 bits per heavy atom. The molecule has 9 heteroatoms. The summed E-state index contributed by atoms with van der Waals surface area (Å²) in [5.74, 6) is 2.72. The second kappa shape index (κ2) is 10.3. The van der Waals surface area contributed by atoms with Gasteiger partial charge in [0, 0.05) is 49.5 Å². The molecule has 0 unspecified atom stereocenters. The predicted molar refractivity (Wildman–Crippen MR) is 143 cm³/mol. The first-order valence-electron chi connectivity index (χ1n) is 13.6. The van der Waals surface area contributed by atoms with Gasteiger partial charge in [-0.25, -0.2) is 4.98 Å². The largest absolute Gasteiger partial charge is 0.393 e. The highest BCUT2D eigenvalue weighted by Crippen LogP contribution is 2.31. The van der Waals surface area contributed by atoms with Crippen molar-refractivity contribution in [2.45, 2.75) is 57.6 Å². The Labute approximate surface area is 217 Å². The highest BCUT2D eigenvalue weighted by molar-refractivity contribution is 5.97. The average molecular weight is 505 g/mol. The van der Waals surface area contributed by atoms with Crippen molar-refractivity contribution in [1.82, 2.24) is 19.9 Å². The highest BCUT2D eigenvalue weighted by atomic mass is 16.5. The summed E-state index contributed by atoms with van der Waals surface area (Å²) in [6.45, 7) is 5.25. The Morgan fingerprint density at radius 1 is 1.08 bits per heavy atom. The summed E-state index contributed by atoms with van der Waals surface area (Å²) < 4.78 is 7.39. The summed E-state index contributed by atoms with van der Waals surface area (Å²) in [6.07, 6.45) is 7.61. The molecule has 6 rings (SSSR count). The lowest BCUT2D eigenvalue weighted by atomic mass is 9.82. The number of aryl methyl sites for hydroxylation is 1. The van der Waals surface area contributed by atoms with Crippen LogP contribution in [0.2, 0.25) is 0 Å². The van der Waals surface area contributed by atoms with Gasteiger partial charge in [-0.1, -0.05) is 12.1 Å². The van der Waals surface area contributed by atoms with Crippen molar-refractivity contribution in [3.8, 4) is 11.1 Å². The van der Waals surface area contributed by atoms with E-state index in [0.29, 0.717) is 23.4 Å². The summed E-state index contributed by atoms with van der Waals surface area (Å²) in [6, 6.07) is 8.29.